The van der Waals surface area contributed by atoms with E-state index in [9.17, 15) is 14.1 Å². The van der Waals surface area contributed by atoms with Crippen LogP contribution >= 0.6 is 23.4 Å². The maximum Gasteiger partial charge on any atom is 0.255 e. The quantitative estimate of drug-likeness (QED) is 0.524. The first-order valence-electron chi connectivity index (χ1n) is 7.64. The van der Waals surface area contributed by atoms with E-state index < -0.39 is 0 Å². The highest BCUT2D eigenvalue weighted by Crippen LogP contribution is 2.29. The van der Waals surface area contributed by atoms with Crippen molar-refractivity contribution in [3.8, 4) is 0 Å². The summed E-state index contributed by atoms with van der Waals surface area (Å²) in [6.45, 7) is 5.18. The van der Waals surface area contributed by atoms with Crippen LogP contribution in [0.4, 0.5) is 10.1 Å². The minimum absolute atomic E-state index is 0.350. The Morgan fingerprint density at radius 2 is 2.04 bits per heavy atom. The van der Waals surface area contributed by atoms with Gasteiger partial charge in [0.15, 0.2) is 0 Å². The molecule has 0 bridgehead atoms. The topological polar surface area (TPSA) is 58.5 Å². The minimum atomic E-state index is -0.363. The number of halogens is 2. The van der Waals surface area contributed by atoms with Crippen LogP contribution in [-0.2, 0) is 0 Å². The van der Waals surface area contributed by atoms with Gasteiger partial charge in [0.2, 0.25) is 0 Å². The monoisotopic (exact) mass is 380 g/mol. The molecule has 0 aliphatic rings. The summed E-state index contributed by atoms with van der Waals surface area (Å²) in [5.74, 6) is -0.253. The lowest BCUT2D eigenvalue weighted by Crippen LogP contribution is -2.12. The van der Waals surface area contributed by atoms with Crippen LogP contribution < -0.4 is 5.32 Å². The maximum absolute atomic E-state index is 13.8. The van der Waals surface area contributed by atoms with Gasteiger partial charge >= 0.3 is 0 Å². The summed E-state index contributed by atoms with van der Waals surface area (Å²) in [7, 11) is 0. The second-order valence-corrected chi connectivity index (χ2v) is 7.23. The molecule has 0 aliphatic carbocycles. The third kappa shape index (κ3) is 5.03. The third-order valence-electron chi connectivity index (χ3n) is 3.72. The second kappa shape index (κ2) is 8.45. The van der Waals surface area contributed by atoms with Gasteiger partial charge in [0.1, 0.15) is 5.82 Å². The van der Waals surface area contributed by atoms with Crippen LogP contribution in [0.2, 0.25) is 5.02 Å². The van der Waals surface area contributed by atoms with E-state index in [0.29, 0.717) is 32.5 Å². The van der Waals surface area contributed by atoms with Crippen LogP contribution in [-0.4, -0.2) is 17.7 Å². The van der Waals surface area contributed by atoms with E-state index in [2.05, 4.69) is 10.5 Å². The van der Waals surface area contributed by atoms with Crippen molar-refractivity contribution in [3.05, 3.63) is 62.8 Å². The van der Waals surface area contributed by atoms with Crippen LogP contribution in [0.3, 0.4) is 0 Å². The van der Waals surface area contributed by atoms with Gasteiger partial charge in [-0.25, -0.2) is 4.39 Å². The third-order valence-corrected chi connectivity index (χ3v) is 5.45. The smallest absolute Gasteiger partial charge is 0.255 e. The highest BCUT2D eigenvalue weighted by molar-refractivity contribution is 7.99. The van der Waals surface area contributed by atoms with E-state index in [-0.39, 0.29) is 17.8 Å². The molecule has 0 spiro atoms. The molecule has 2 rings (SSSR count). The lowest BCUT2D eigenvalue weighted by atomic mass is 10.1. The van der Waals surface area contributed by atoms with E-state index in [1.165, 1.54) is 17.8 Å². The Morgan fingerprint density at radius 1 is 1.32 bits per heavy atom. The van der Waals surface area contributed by atoms with E-state index in [1.807, 2.05) is 0 Å². The van der Waals surface area contributed by atoms with Crippen molar-refractivity contribution in [2.75, 3.05) is 11.1 Å². The second-order valence-electron chi connectivity index (χ2n) is 5.76. The van der Waals surface area contributed by atoms with Gasteiger partial charge < -0.3 is 5.32 Å². The molecule has 7 heteroatoms. The number of thioether (sulfide) groups is 1. The van der Waals surface area contributed by atoms with Gasteiger partial charge in [-0.1, -0.05) is 16.8 Å². The molecule has 0 radical (unpaired) electrons. The van der Waals surface area contributed by atoms with Crippen molar-refractivity contribution in [3.63, 3.8) is 0 Å². The first-order chi connectivity index (χ1) is 11.8. The molecule has 0 heterocycles. The molecular weight excluding hydrogens is 363 g/mol. The number of hydrogen-bond acceptors (Lipinski definition) is 4. The van der Waals surface area contributed by atoms with Crippen molar-refractivity contribution in [1.82, 2.24) is 0 Å². The molecule has 4 nitrogen and oxygen atoms in total. The molecule has 2 aromatic carbocycles. The Hall–Kier alpha value is -1.92. The van der Waals surface area contributed by atoms with Crippen LogP contribution in [0.1, 0.15) is 28.4 Å². The number of hydrogen-bond donors (Lipinski definition) is 1. The molecule has 132 valence electrons. The summed E-state index contributed by atoms with van der Waals surface area (Å²) in [4.78, 5) is 23.6. The fraction of sp³-hybridized carbons (Fsp3) is 0.278. The van der Waals surface area contributed by atoms with Gasteiger partial charge in [-0.3, -0.25) is 4.79 Å². The highest BCUT2D eigenvalue weighted by atomic mass is 35.5. The van der Waals surface area contributed by atoms with Crippen molar-refractivity contribution in [2.24, 2.45) is 5.18 Å². The van der Waals surface area contributed by atoms with Gasteiger partial charge in [0.05, 0.1) is 11.1 Å². The summed E-state index contributed by atoms with van der Waals surface area (Å²) in [5, 5.41) is 6.13. The summed E-state index contributed by atoms with van der Waals surface area (Å²) in [6.07, 6.45) is 0. The number of carbonyl (C=O) groups is 1. The fourth-order valence-corrected chi connectivity index (χ4v) is 3.27. The van der Waals surface area contributed by atoms with E-state index >= 15 is 0 Å². The average Bonchev–Trinajstić information content (AvgIpc) is 2.58. The van der Waals surface area contributed by atoms with E-state index in [4.69, 9.17) is 11.6 Å². The van der Waals surface area contributed by atoms with E-state index in [0.717, 1.165) is 5.56 Å². The van der Waals surface area contributed by atoms with Crippen molar-refractivity contribution in [1.29, 1.82) is 0 Å². The molecule has 1 N–H and O–H groups in total. The Kier molecular flexibility index (Phi) is 6.56. The molecule has 1 atom stereocenters. The van der Waals surface area contributed by atoms with Crippen LogP contribution in [0.25, 0.3) is 0 Å². The van der Waals surface area contributed by atoms with Crippen LogP contribution in [0.5, 0.6) is 0 Å². The number of carbonyl (C=O) groups excluding carboxylic acids is 1. The zero-order chi connectivity index (χ0) is 18.6. The summed E-state index contributed by atoms with van der Waals surface area (Å²) < 4.78 is 13.8. The van der Waals surface area contributed by atoms with Crippen molar-refractivity contribution >= 4 is 35.0 Å². The zero-order valence-corrected chi connectivity index (χ0v) is 15.7. The first kappa shape index (κ1) is 19.4. The first-order valence-corrected chi connectivity index (χ1v) is 9.01. The number of amides is 1. The Balaban J connectivity index is 2.18. The number of rotatable bonds is 6. The molecule has 0 fully saturated rings. The lowest BCUT2D eigenvalue weighted by molar-refractivity contribution is 0.102. The minimum Gasteiger partial charge on any atom is -0.322 e. The van der Waals surface area contributed by atoms with Crippen LogP contribution in [0, 0.1) is 24.6 Å². The lowest BCUT2D eigenvalue weighted by Gasteiger charge is -2.11. The molecule has 0 saturated heterocycles. The summed E-state index contributed by atoms with van der Waals surface area (Å²) >= 11 is 7.49. The highest BCUT2D eigenvalue weighted by Gasteiger charge is 2.12. The Bertz CT molecular complexity index is 791. The predicted molar refractivity (Wildman–Crippen MR) is 101 cm³/mol. The van der Waals surface area contributed by atoms with Gasteiger partial charge in [-0.15, -0.1) is 11.8 Å². The molecule has 0 aliphatic heterocycles. The average molecular weight is 381 g/mol. The Morgan fingerprint density at radius 3 is 2.68 bits per heavy atom. The molecule has 0 saturated carbocycles. The van der Waals surface area contributed by atoms with Crippen LogP contribution in [0.15, 0.2) is 40.4 Å². The molecular formula is C18H18ClFN2O2S. The largest absolute Gasteiger partial charge is 0.322 e. The molecule has 25 heavy (non-hydrogen) atoms. The summed E-state index contributed by atoms with van der Waals surface area (Å²) in [6, 6.07) is 7.54. The van der Waals surface area contributed by atoms with Gasteiger partial charge in [-0.05, 0) is 62.2 Å². The Labute approximate surface area is 155 Å². The number of nitrogens with one attached hydrogen (secondary N) is 1. The van der Waals surface area contributed by atoms with Gasteiger partial charge in [0, 0.05) is 21.9 Å². The van der Waals surface area contributed by atoms with E-state index in [1.54, 1.807) is 45.0 Å². The fourth-order valence-electron chi connectivity index (χ4n) is 2.09. The van der Waals surface area contributed by atoms with Gasteiger partial charge in [-0.2, -0.15) is 4.91 Å². The SMILES string of the molecule is Cc1cc(NC(=O)c2ccc(Cl)c(SCC(C)N=O)c2)cc(F)c1C. The number of aryl methyl sites for hydroxylation is 1. The number of nitrogens with zero attached hydrogens (tertiary/aromatic N) is 1. The standard InChI is InChI=1S/C18H18ClFN2O2S/c1-10-6-14(8-16(20)12(10)3)21-18(23)13-4-5-15(19)17(7-13)25-9-11(2)22-24/h4-8,11H,9H2,1-3H3,(H,21,23). The maximum atomic E-state index is 13.8. The normalized spacial score (nSPS) is 11.9. The predicted octanol–water partition coefficient (Wildman–Crippen LogP) is 5.60. The number of benzene rings is 2. The summed E-state index contributed by atoms with van der Waals surface area (Å²) in [5.41, 5.74) is 2.12. The number of anilines is 1. The molecule has 0 aromatic heterocycles. The molecule has 1 amide bonds. The van der Waals surface area contributed by atoms with Gasteiger partial charge in [0.25, 0.3) is 5.91 Å². The zero-order valence-electron chi connectivity index (χ0n) is 14.1. The number of nitroso groups, excluding NO2 is 1. The van der Waals surface area contributed by atoms with Crippen molar-refractivity contribution in [2.45, 2.75) is 31.7 Å². The molecule has 2 aromatic rings. The molecule has 1 unspecified atom stereocenters. The van der Waals surface area contributed by atoms with Crippen molar-refractivity contribution < 1.29 is 9.18 Å².